The molecule has 1 aliphatic carbocycles. The van der Waals surface area contributed by atoms with Gasteiger partial charge in [0.25, 0.3) is 5.56 Å². The van der Waals surface area contributed by atoms with Crippen LogP contribution in [0.15, 0.2) is 29.7 Å². The molecule has 3 aliphatic rings. The van der Waals surface area contributed by atoms with Gasteiger partial charge in [0.15, 0.2) is 41.6 Å². The van der Waals surface area contributed by atoms with Gasteiger partial charge in [-0.1, -0.05) is 0 Å². The van der Waals surface area contributed by atoms with E-state index in [0.717, 1.165) is 10.9 Å². The average Bonchev–Trinajstić information content (AvgIpc) is 3.47. The number of nitrogens with zero attached hydrogens (tertiary/aromatic N) is 6. The lowest BCUT2D eigenvalue weighted by Crippen LogP contribution is -2.36. The lowest BCUT2D eigenvalue weighted by molar-refractivity contribution is -0.0794. The summed E-state index contributed by atoms with van der Waals surface area (Å²) in [4.78, 5) is 41.2. The van der Waals surface area contributed by atoms with Crippen molar-refractivity contribution in [3.63, 3.8) is 0 Å². The average molecular weight is 629 g/mol. The summed E-state index contributed by atoms with van der Waals surface area (Å²) in [5.41, 5.74) is 8.36. The number of ether oxygens (including phenoxy) is 2. The highest BCUT2D eigenvalue weighted by Crippen LogP contribution is 2.62. The summed E-state index contributed by atoms with van der Waals surface area (Å²) in [7, 11) is 0. The van der Waals surface area contributed by atoms with Crippen molar-refractivity contribution in [2.75, 3.05) is 18.1 Å². The van der Waals surface area contributed by atoms with E-state index in [4.69, 9.17) is 41.8 Å². The van der Waals surface area contributed by atoms with Crippen molar-refractivity contribution in [1.29, 1.82) is 0 Å². The number of H-pyrrole nitrogens is 1. The number of fused-ring (bicyclic) bond motifs is 3. The maximum atomic E-state index is 15.7. The fraction of sp³-hybridized carbons (Fsp3) is 0.476. The predicted octanol–water partition coefficient (Wildman–Crippen LogP) is -1.08. The van der Waals surface area contributed by atoms with Crippen LogP contribution in [0.2, 0.25) is 0 Å². The first-order valence-corrected chi connectivity index (χ1v) is 14.9. The highest BCUT2D eigenvalue weighted by atomic mass is 32.5. The number of aliphatic hydroxyl groups excluding tert-OH is 2. The van der Waals surface area contributed by atoms with Crippen LogP contribution in [0.5, 0.6) is 0 Å². The molecule has 3 unspecified atom stereocenters. The number of halogens is 2. The van der Waals surface area contributed by atoms with Crippen molar-refractivity contribution in [3.05, 3.63) is 35.3 Å². The van der Waals surface area contributed by atoms with E-state index in [-0.39, 0.29) is 28.6 Å². The summed E-state index contributed by atoms with van der Waals surface area (Å²) in [5.74, 6) is -0.0767. The van der Waals surface area contributed by atoms with Gasteiger partial charge in [0.1, 0.15) is 42.2 Å². The Kier molecular flexibility index (Phi) is 6.18. The summed E-state index contributed by atoms with van der Waals surface area (Å²) in [6.07, 6.45) is -8.62. The minimum absolute atomic E-state index is 0.0755. The van der Waals surface area contributed by atoms with Crippen LogP contribution in [0.25, 0.3) is 22.2 Å². The molecule has 0 aromatic carbocycles. The van der Waals surface area contributed by atoms with Crippen molar-refractivity contribution in [3.8, 4) is 0 Å². The van der Waals surface area contributed by atoms with E-state index in [9.17, 15) is 19.9 Å². The molecule has 6 heterocycles. The third-order valence-electron chi connectivity index (χ3n) is 7.53. The third kappa shape index (κ3) is 4.06. The number of anilines is 2. The fourth-order valence-electron chi connectivity index (χ4n) is 5.35. The summed E-state index contributed by atoms with van der Waals surface area (Å²) in [6, 6.07) is 1.56. The molecule has 0 amide bonds. The molecule has 4 aromatic rings. The second kappa shape index (κ2) is 9.40. The topological polar surface area (TPSA) is 244 Å². The minimum atomic E-state index is -4.37. The highest BCUT2D eigenvalue weighted by Gasteiger charge is 2.80. The summed E-state index contributed by atoms with van der Waals surface area (Å²) in [5, 5.41) is 21.1. The SMILES string of the molecule is Nc1nc2c(ncn2[C@@H]2O[C@@H]3C(O)[C@]3(F)C2OP(O)(=S)OC[C@H]2O[C@@H](n3ccc4c(N)ncnc43)[C@@H](F)[C@@H]2O)c(=O)[nH]1. The number of aliphatic hydroxyl groups is 2. The van der Waals surface area contributed by atoms with Crippen molar-refractivity contribution < 1.29 is 42.4 Å². The molecule has 8 N–H and O–H groups in total. The standard InChI is InChI=1S/C21H22F2N9O8PS/c22-8-10(33)7(38-18(8)31-2-1-6-14(24)26-4-27-15(6)31)3-37-41(36,42)40-13-19(39-12-11(34)21(12,13)23)32-5-28-9-16(32)29-20(25)30-17(9)35/h1-2,4-5,7-8,10-13,18-19,33-34H,3H2,(H,36,42)(H2,24,26,27)(H3,25,29,30,35)/t7-,8+,10-,11?,12-,13?,18-,19-,21-,41?/m1/s1. The van der Waals surface area contributed by atoms with Crippen LogP contribution < -0.4 is 17.0 Å². The molecule has 0 bridgehead atoms. The number of nitrogens with two attached hydrogens (primary N) is 2. The van der Waals surface area contributed by atoms with Gasteiger partial charge in [0.05, 0.1) is 18.3 Å². The molecule has 3 fully saturated rings. The quantitative estimate of drug-likeness (QED) is 0.133. The van der Waals surface area contributed by atoms with Crippen LogP contribution in [-0.4, -0.2) is 98.1 Å². The molecule has 0 spiro atoms. The van der Waals surface area contributed by atoms with Gasteiger partial charge < -0.3 is 45.1 Å². The second-order valence-electron chi connectivity index (χ2n) is 10.0. The van der Waals surface area contributed by atoms with E-state index >= 15 is 8.78 Å². The first-order chi connectivity index (χ1) is 19.9. The smallest absolute Gasteiger partial charge is 0.325 e. The van der Waals surface area contributed by atoms with Gasteiger partial charge in [0, 0.05) is 6.20 Å². The number of hydrogen-bond donors (Lipinski definition) is 6. The Hall–Kier alpha value is -3.20. The maximum absolute atomic E-state index is 15.7. The van der Waals surface area contributed by atoms with Crippen LogP contribution in [0.1, 0.15) is 12.5 Å². The molecule has 4 aromatic heterocycles. The first kappa shape index (κ1) is 27.6. The van der Waals surface area contributed by atoms with E-state index in [1.807, 2.05) is 0 Å². The highest BCUT2D eigenvalue weighted by molar-refractivity contribution is 8.07. The Morgan fingerprint density at radius 1 is 1.19 bits per heavy atom. The van der Waals surface area contributed by atoms with Gasteiger partial charge >= 0.3 is 6.72 Å². The number of rotatable bonds is 7. The number of alkyl halides is 2. The molecule has 0 radical (unpaired) electrons. The van der Waals surface area contributed by atoms with E-state index in [0.29, 0.717) is 5.39 Å². The zero-order valence-electron chi connectivity index (χ0n) is 21.0. The van der Waals surface area contributed by atoms with Crippen molar-refractivity contribution in [2.45, 2.75) is 54.8 Å². The Morgan fingerprint density at radius 3 is 2.76 bits per heavy atom. The molecule has 2 saturated heterocycles. The molecule has 2 aliphatic heterocycles. The Labute approximate surface area is 237 Å². The van der Waals surface area contributed by atoms with Crippen molar-refractivity contribution in [2.24, 2.45) is 0 Å². The molecule has 224 valence electrons. The molecule has 10 atom stereocenters. The van der Waals surface area contributed by atoms with E-state index in [1.54, 1.807) is 6.07 Å². The molecule has 17 nitrogen and oxygen atoms in total. The Bertz CT molecular complexity index is 1830. The summed E-state index contributed by atoms with van der Waals surface area (Å²) in [6.45, 7) is -5.01. The molecular formula is C21H22F2N9O8PS. The number of nitrogens with one attached hydrogen (secondary N) is 1. The molecular weight excluding hydrogens is 607 g/mol. The lowest BCUT2D eigenvalue weighted by Gasteiger charge is -2.29. The lowest BCUT2D eigenvalue weighted by atomic mass is 10.1. The molecule has 1 saturated carbocycles. The van der Waals surface area contributed by atoms with Crippen LogP contribution in [-0.2, 0) is 30.3 Å². The van der Waals surface area contributed by atoms with Crippen LogP contribution >= 0.6 is 6.72 Å². The maximum Gasteiger partial charge on any atom is 0.325 e. The molecule has 42 heavy (non-hydrogen) atoms. The van der Waals surface area contributed by atoms with Crippen LogP contribution in [0.3, 0.4) is 0 Å². The van der Waals surface area contributed by atoms with Crippen LogP contribution in [0, 0.1) is 0 Å². The molecule has 7 rings (SSSR count). The number of hydrogen-bond acceptors (Lipinski definition) is 14. The number of imidazole rings is 1. The number of nitrogen functional groups attached to an aromatic ring is 2. The Balaban J connectivity index is 1.09. The number of aromatic amines is 1. The summed E-state index contributed by atoms with van der Waals surface area (Å²) >= 11 is 5.08. The Morgan fingerprint density at radius 2 is 1.98 bits per heavy atom. The van der Waals surface area contributed by atoms with Crippen molar-refractivity contribution in [1.82, 2.24) is 34.1 Å². The van der Waals surface area contributed by atoms with E-state index in [1.165, 1.54) is 17.1 Å². The van der Waals surface area contributed by atoms with Gasteiger partial charge in [0.2, 0.25) is 5.95 Å². The molecule has 21 heteroatoms. The van der Waals surface area contributed by atoms with E-state index in [2.05, 4.69) is 24.9 Å². The normalized spacial score (nSPS) is 35.5. The predicted molar refractivity (Wildman–Crippen MR) is 140 cm³/mol. The third-order valence-corrected chi connectivity index (χ3v) is 9.07. The minimum Gasteiger partial charge on any atom is -0.387 e. The zero-order valence-corrected chi connectivity index (χ0v) is 22.7. The summed E-state index contributed by atoms with van der Waals surface area (Å²) < 4.78 is 55.4. The first-order valence-electron chi connectivity index (χ1n) is 12.4. The van der Waals surface area contributed by atoms with Gasteiger partial charge in [-0.2, -0.15) is 4.98 Å². The zero-order chi connectivity index (χ0) is 29.7. The van der Waals surface area contributed by atoms with Gasteiger partial charge in [-0.15, -0.1) is 0 Å². The second-order valence-corrected chi connectivity index (χ2v) is 12.8. The number of aromatic nitrogens is 7. The van der Waals surface area contributed by atoms with Gasteiger partial charge in [-0.25, -0.2) is 23.7 Å². The fourth-order valence-corrected chi connectivity index (χ4v) is 6.76. The van der Waals surface area contributed by atoms with Gasteiger partial charge in [-0.05, 0) is 17.9 Å². The van der Waals surface area contributed by atoms with Crippen molar-refractivity contribution >= 4 is 52.5 Å². The van der Waals surface area contributed by atoms with Gasteiger partial charge in [-0.3, -0.25) is 18.9 Å². The van der Waals surface area contributed by atoms with Crippen LogP contribution in [0.4, 0.5) is 20.5 Å². The monoisotopic (exact) mass is 629 g/mol. The van der Waals surface area contributed by atoms with E-state index < -0.39 is 73.7 Å². The largest absolute Gasteiger partial charge is 0.387 e.